The SMILES string of the molecule is C=CCOC(=O)[C@H](CC)CC(C)C. The normalized spacial score (nSPS) is 12.6. The fourth-order valence-electron chi connectivity index (χ4n) is 1.26. The molecule has 0 aromatic carbocycles. The zero-order valence-electron chi connectivity index (χ0n) is 8.88. The fourth-order valence-corrected chi connectivity index (χ4v) is 1.26. The van der Waals surface area contributed by atoms with Crippen LogP contribution in [0.4, 0.5) is 0 Å². The highest BCUT2D eigenvalue weighted by Gasteiger charge is 2.18. The lowest BCUT2D eigenvalue weighted by atomic mass is 9.95. The van der Waals surface area contributed by atoms with Crippen LogP contribution in [0.3, 0.4) is 0 Å². The van der Waals surface area contributed by atoms with Gasteiger partial charge in [-0.3, -0.25) is 4.79 Å². The van der Waals surface area contributed by atoms with E-state index >= 15 is 0 Å². The second-order valence-electron chi connectivity index (χ2n) is 3.65. The number of hydrogen-bond acceptors (Lipinski definition) is 2. The molecule has 0 saturated carbocycles. The number of esters is 1. The van der Waals surface area contributed by atoms with Gasteiger partial charge in [0, 0.05) is 0 Å². The molecular formula is C11H20O2. The molecule has 0 fully saturated rings. The topological polar surface area (TPSA) is 26.3 Å². The summed E-state index contributed by atoms with van der Waals surface area (Å²) in [5.41, 5.74) is 0. The average molecular weight is 184 g/mol. The zero-order valence-corrected chi connectivity index (χ0v) is 8.88. The van der Waals surface area contributed by atoms with Crippen molar-refractivity contribution in [2.45, 2.75) is 33.6 Å². The van der Waals surface area contributed by atoms with Gasteiger partial charge in [-0.2, -0.15) is 0 Å². The van der Waals surface area contributed by atoms with Gasteiger partial charge in [0.25, 0.3) is 0 Å². The van der Waals surface area contributed by atoms with Crippen molar-refractivity contribution in [3.05, 3.63) is 12.7 Å². The molecular weight excluding hydrogens is 164 g/mol. The van der Waals surface area contributed by atoms with Crippen LogP contribution in [0.1, 0.15) is 33.6 Å². The number of carbonyl (C=O) groups is 1. The molecule has 0 unspecified atom stereocenters. The maximum Gasteiger partial charge on any atom is 0.309 e. The van der Waals surface area contributed by atoms with Crippen molar-refractivity contribution in [1.29, 1.82) is 0 Å². The molecule has 0 aliphatic carbocycles. The lowest BCUT2D eigenvalue weighted by molar-refractivity contribution is -0.147. The third-order valence-electron chi connectivity index (χ3n) is 1.93. The summed E-state index contributed by atoms with van der Waals surface area (Å²) in [5.74, 6) is 0.511. The predicted octanol–water partition coefficient (Wildman–Crippen LogP) is 2.79. The van der Waals surface area contributed by atoms with E-state index in [0.717, 1.165) is 12.8 Å². The van der Waals surface area contributed by atoms with Gasteiger partial charge in [-0.1, -0.05) is 33.4 Å². The molecule has 13 heavy (non-hydrogen) atoms. The molecule has 0 saturated heterocycles. The van der Waals surface area contributed by atoms with Gasteiger partial charge in [0.1, 0.15) is 6.61 Å². The molecule has 0 aromatic rings. The highest BCUT2D eigenvalue weighted by Crippen LogP contribution is 2.16. The minimum atomic E-state index is -0.0869. The van der Waals surface area contributed by atoms with E-state index in [1.54, 1.807) is 6.08 Å². The summed E-state index contributed by atoms with van der Waals surface area (Å²) in [6.45, 7) is 10.1. The number of ether oxygens (including phenoxy) is 1. The highest BCUT2D eigenvalue weighted by atomic mass is 16.5. The van der Waals surface area contributed by atoms with E-state index in [4.69, 9.17) is 4.74 Å². The molecule has 0 bridgehead atoms. The summed E-state index contributed by atoms with van der Waals surface area (Å²) < 4.78 is 4.99. The molecule has 0 N–H and O–H groups in total. The van der Waals surface area contributed by atoms with E-state index in [2.05, 4.69) is 20.4 Å². The number of hydrogen-bond donors (Lipinski definition) is 0. The Morgan fingerprint density at radius 3 is 2.54 bits per heavy atom. The number of rotatable bonds is 6. The van der Waals surface area contributed by atoms with Crippen LogP contribution in [0.15, 0.2) is 12.7 Å². The molecule has 0 spiro atoms. The first-order valence-electron chi connectivity index (χ1n) is 4.89. The van der Waals surface area contributed by atoms with Gasteiger partial charge >= 0.3 is 5.97 Å². The lowest BCUT2D eigenvalue weighted by Gasteiger charge is -2.15. The molecule has 0 aromatic heterocycles. The van der Waals surface area contributed by atoms with Crippen molar-refractivity contribution in [2.24, 2.45) is 11.8 Å². The van der Waals surface area contributed by atoms with E-state index < -0.39 is 0 Å². The van der Waals surface area contributed by atoms with Gasteiger partial charge in [0.15, 0.2) is 0 Å². The first-order chi connectivity index (χ1) is 6.11. The monoisotopic (exact) mass is 184 g/mol. The fraction of sp³-hybridized carbons (Fsp3) is 0.727. The maximum absolute atomic E-state index is 11.4. The molecule has 0 aliphatic heterocycles. The summed E-state index contributed by atoms with van der Waals surface area (Å²) in [6.07, 6.45) is 3.36. The third-order valence-corrected chi connectivity index (χ3v) is 1.93. The summed E-state index contributed by atoms with van der Waals surface area (Å²) in [5, 5.41) is 0. The summed E-state index contributed by atoms with van der Waals surface area (Å²) in [6, 6.07) is 0. The Morgan fingerprint density at radius 2 is 2.15 bits per heavy atom. The second-order valence-corrected chi connectivity index (χ2v) is 3.65. The quantitative estimate of drug-likeness (QED) is 0.468. The molecule has 0 radical (unpaired) electrons. The zero-order chi connectivity index (χ0) is 10.3. The first-order valence-corrected chi connectivity index (χ1v) is 4.89. The van der Waals surface area contributed by atoms with E-state index in [1.165, 1.54) is 0 Å². The van der Waals surface area contributed by atoms with Crippen LogP contribution in [-0.2, 0) is 9.53 Å². The van der Waals surface area contributed by atoms with Crippen molar-refractivity contribution in [2.75, 3.05) is 6.61 Å². The smallest absolute Gasteiger partial charge is 0.309 e. The molecule has 76 valence electrons. The van der Waals surface area contributed by atoms with Crippen molar-refractivity contribution >= 4 is 5.97 Å². The van der Waals surface area contributed by atoms with E-state index in [1.807, 2.05) is 6.92 Å². The first kappa shape index (κ1) is 12.2. The van der Waals surface area contributed by atoms with Crippen LogP contribution in [0.25, 0.3) is 0 Å². The van der Waals surface area contributed by atoms with Gasteiger partial charge in [0.2, 0.25) is 0 Å². The minimum absolute atomic E-state index is 0.0555. The Labute approximate surface area is 81.0 Å². The number of carbonyl (C=O) groups excluding carboxylic acids is 1. The Morgan fingerprint density at radius 1 is 1.54 bits per heavy atom. The Balaban J connectivity index is 3.91. The summed E-state index contributed by atoms with van der Waals surface area (Å²) in [7, 11) is 0. The molecule has 2 heteroatoms. The third kappa shape index (κ3) is 5.45. The Bertz CT molecular complexity index is 161. The van der Waals surface area contributed by atoms with Gasteiger partial charge in [-0.05, 0) is 18.8 Å². The van der Waals surface area contributed by atoms with Crippen LogP contribution in [-0.4, -0.2) is 12.6 Å². The van der Waals surface area contributed by atoms with Crippen LogP contribution in [0.5, 0.6) is 0 Å². The predicted molar refractivity (Wildman–Crippen MR) is 54.4 cm³/mol. The van der Waals surface area contributed by atoms with Gasteiger partial charge < -0.3 is 4.74 Å². The van der Waals surface area contributed by atoms with Gasteiger partial charge in [-0.25, -0.2) is 0 Å². The van der Waals surface area contributed by atoms with E-state index in [0.29, 0.717) is 12.5 Å². The standard InChI is InChI=1S/C11H20O2/c1-5-7-13-11(12)10(6-2)8-9(3)4/h5,9-10H,1,6-8H2,2-4H3/t10-/m1/s1. The van der Waals surface area contributed by atoms with E-state index in [9.17, 15) is 4.79 Å². The van der Waals surface area contributed by atoms with Crippen molar-refractivity contribution in [3.63, 3.8) is 0 Å². The van der Waals surface area contributed by atoms with Crippen LogP contribution in [0.2, 0.25) is 0 Å². The minimum Gasteiger partial charge on any atom is -0.461 e. The molecule has 0 amide bonds. The molecule has 1 atom stereocenters. The van der Waals surface area contributed by atoms with Crippen LogP contribution < -0.4 is 0 Å². The maximum atomic E-state index is 11.4. The molecule has 0 rings (SSSR count). The van der Waals surface area contributed by atoms with Crippen molar-refractivity contribution in [1.82, 2.24) is 0 Å². The van der Waals surface area contributed by atoms with Gasteiger partial charge in [0.05, 0.1) is 5.92 Å². The van der Waals surface area contributed by atoms with Gasteiger partial charge in [-0.15, -0.1) is 0 Å². The van der Waals surface area contributed by atoms with Crippen LogP contribution in [0, 0.1) is 11.8 Å². The summed E-state index contributed by atoms with van der Waals surface area (Å²) in [4.78, 5) is 11.4. The molecule has 0 aliphatic rings. The molecule has 2 nitrogen and oxygen atoms in total. The average Bonchev–Trinajstić information content (AvgIpc) is 2.09. The Kier molecular flexibility index (Phi) is 6.29. The van der Waals surface area contributed by atoms with Crippen LogP contribution >= 0.6 is 0 Å². The van der Waals surface area contributed by atoms with Crippen molar-refractivity contribution < 1.29 is 9.53 Å². The largest absolute Gasteiger partial charge is 0.461 e. The summed E-state index contributed by atoms with van der Waals surface area (Å²) >= 11 is 0. The second kappa shape index (κ2) is 6.70. The lowest BCUT2D eigenvalue weighted by Crippen LogP contribution is -2.18. The Hall–Kier alpha value is -0.790. The van der Waals surface area contributed by atoms with E-state index in [-0.39, 0.29) is 11.9 Å². The molecule has 0 heterocycles. The van der Waals surface area contributed by atoms with Crippen molar-refractivity contribution in [3.8, 4) is 0 Å². The highest BCUT2D eigenvalue weighted by molar-refractivity contribution is 5.72.